The van der Waals surface area contributed by atoms with Crippen molar-refractivity contribution in [1.29, 1.82) is 0 Å². The predicted octanol–water partition coefficient (Wildman–Crippen LogP) is 3.54. The van der Waals surface area contributed by atoms with Crippen LogP contribution in [0.25, 0.3) is 0 Å². The van der Waals surface area contributed by atoms with E-state index in [4.69, 9.17) is 19.3 Å². The van der Waals surface area contributed by atoms with Gasteiger partial charge < -0.3 is 30.0 Å². The summed E-state index contributed by atoms with van der Waals surface area (Å²) in [5.74, 6) is -2.26. The number of ether oxygens (including phenoxy) is 3. The quantitative estimate of drug-likeness (QED) is 0.117. The fourth-order valence-electron chi connectivity index (χ4n) is 4.50. The molecule has 228 valence electrons. The van der Waals surface area contributed by atoms with Crippen molar-refractivity contribution in [2.24, 2.45) is 11.8 Å². The summed E-state index contributed by atoms with van der Waals surface area (Å²) in [6, 6.07) is 18.2. The van der Waals surface area contributed by atoms with E-state index in [0.717, 1.165) is 5.56 Å². The number of allylic oxidation sites excluding steroid dienone is 2. The molecule has 0 saturated carbocycles. The maximum absolute atomic E-state index is 13.6. The van der Waals surface area contributed by atoms with Crippen LogP contribution < -0.4 is 10.6 Å². The lowest BCUT2D eigenvalue weighted by molar-refractivity contribution is -0.158. The summed E-state index contributed by atoms with van der Waals surface area (Å²) in [4.78, 5) is 39.5. The number of carbonyl (C=O) groups excluding carboxylic acids is 3. The summed E-state index contributed by atoms with van der Waals surface area (Å²) in [5, 5.41) is 14.5. The molecule has 2 aromatic carbocycles. The lowest BCUT2D eigenvalue weighted by atomic mass is 9.95. The van der Waals surface area contributed by atoms with Gasteiger partial charge in [0, 0.05) is 20.1 Å². The number of hydrogen-bond acceptors (Lipinski definition) is 7. The molecule has 9 heteroatoms. The van der Waals surface area contributed by atoms with Gasteiger partial charge in [0.25, 0.3) is 0 Å². The molecule has 0 unspecified atom stereocenters. The molecule has 0 spiro atoms. The van der Waals surface area contributed by atoms with E-state index in [0.29, 0.717) is 18.4 Å². The van der Waals surface area contributed by atoms with E-state index in [1.54, 1.807) is 12.2 Å². The fourth-order valence-corrected chi connectivity index (χ4v) is 4.50. The minimum Gasteiger partial charge on any atom is -0.455 e. The summed E-state index contributed by atoms with van der Waals surface area (Å²) in [6.07, 6.45) is 3.57. The van der Waals surface area contributed by atoms with Crippen molar-refractivity contribution < 1.29 is 33.7 Å². The van der Waals surface area contributed by atoms with Crippen LogP contribution in [0, 0.1) is 11.8 Å². The highest BCUT2D eigenvalue weighted by atomic mass is 16.5. The van der Waals surface area contributed by atoms with Crippen LogP contribution in [0.3, 0.4) is 0 Å². The van der Waals surface area contributed by atoms with E-state index in [1.807, 2.05) is 60.7 Å². The van der Waals surface area contributed by atoms with Crippen LogP contribution in [-0.4, -0.2) is 69.0 Å². The lowest BCUT2D eigenvalue weighted by Crippen LogP contribution is -2.47. The van der Waals surface area contributed by atoms with Gasteiger partial charge >= 0.3 is 5.97 Å². The maximum atomic E-state index is 13.6. The Morgan fingerprint density at radius 1 is 0.929 bits per heavy atom. The van der Waals surface area contributed by atoms with Gasteiger partial charge in [0.05, 0.1) is 44.3 Å². The highest BCUT2D eigenvalue weighted by Gasteiger charge is 2.33. The Balaban J connectivity index is 2.21. The molecule has 9 nitrogen and oxygen atoms in total. The molecule has 2 aromatic rings. The zero-order valence-corrected chi connectivity index (χ0v) is 24.4. The smallest absolute Gasteiger partial charge is 0.310 e. The van der Waals surface area contributed by atoms with Crippen molar-refractivity contribution in [3.8, 4) is 0 Å². The van der Waals surface area contributed by atoms with Gasteiger partial charge in [-0.2, -0.15) is 0 Å². The standard InChI is InChI=1S/C33H44N2O7/c1-4-12-27(23-30(37)34-18-20-41-21-19-36)32(38)35-29(24-40-3)31(26-16-10-7-11-17-26)42-33(39)28(13-5-2)22-25-14-8-6-9-15-25/h4-11,14-17,27-29,31,36H,1-2,12-13,18-24H2,3H3,(H,34,37)(H,35,38)/t27-,28-,29+,31+/m1/s1. The average Bonchev–Trinajstić information content (AvgIpc) is 3.00. The monoisotopic (exact) mass is 580 g/mol. The van der Waals surface area contributed by atoms with Crippen LogP contribution in [0.2, 0.25) is 0 Å². The Kier molecular flexibility index (Phi) is 16.5. The van der Waals surface area contributed by atoms with Gasteiger partial charge in [0.1, 0.15) is 6.10 Å². The molecule has 0 heterocycles. The Morgan fingerprint density at radius 3 is 2.19 bits per heavy atom. The number of esters is 1. The molecule has 2 amide bonds. The molecule has 0 saturated heterocycles. The Bertz CT molecular complexity index is 1090. The molecule has 0 radical (unpaired) electrons. The Hall–Kier alpha value is -3.79. The SMILES string of the molecule is C=CC[C@H](CC(=O)NCCOCCO)C(=O)N[C@@H](COC)[C@@H](OC(=O)[C@H](CC=C)Cc1ccccc1)c1ccccc1. The van der Waals surface area contributed by atoms with Crippen molar-refractivity contribution in [3.63, 3.8) is 0 Å². The van der Waals surface area contributed by atoms with Crippen molar-refractivity contribution >= 4 is 17.8 Å². The van der Waals surface area contributed by atoms with Crippen LogP contribution >= 0.6 is 0 Å². The summed E-state index contributed by atoms with van der Waals surface area (Å²) in [7, 11) is 1.51. The van der Waals surface area contributed by atoms with E-state index >= 15 is 0 Å². The summed E-state index contributed by atoms with van der Waals surface area (Å²) in [6.45, 7) is 8.22. The van der Waals surface area contributed by atoms with E-state index in [2.05, 4.69) is 23.8 Å². The largest absolute Gasteiger partial charge is 0.455 e. The second kappa shape index (κ2) is 20.1. The lowest BCUT2D eigenvalue weighted by Gasteiger charge is -2.30. The number of hydrogen-bond donors (Lipinski definition) is 3. The van der Waals surface area contributed by atoms with Crippen molar-refractivity contribution in [2.75, 3.05) is 40.1 Å². The summed E-state index contributed by atoms with van der Waals surface area (Å²) in [5.41, 5.74) is 1.70. The molecule has 3 N–H and O–H groups in total. The zero-order valence-electron chi connectivity index (χ0n) is 24.4. The van der Waals surface area contributed by atoms with E-state index < -0.39 is 30.0 Å². The van der Waals surface area contributed by atoms with Crippen LogP contribution in [0.5, 0.6) is 0 Å². The summed E-state index contributed by atoms with van der Waals surface area (Å²) >= 11 is 0. The maximum Gasteiger partial charge on any atom is 0.310 e. The predicted molar refractivity (Wildman–Crippen MR) is 161 cm³/mol. The molecule has 0 aliphatic carbocycles. The van der Waals surface area contributed by atoms with Crippen molar-refractivity contribution in [3.05, 3.63) is 97.1 Å². The van der Waals surface area contributed by atoms with Crippen molar-refractivity contribution in [2.45, 2.75) is 37.8 Å². The molecule has 42 heavy (non-hydrogen) atoms. The number of rotatable bonds is 21. The molecular formula is C33H44N2O7. The summed E-state index contributed by atoms with van der Waals surface area (Å²) < 4.78 is 16.7. The van der Waals surface area contributed by atoms with Gasteiger partial charge in [0.2, 0.25) is 11.8 Å². The number of amides is 2. The van der Waals surface area contributed by atoms with Crippen LogP contribution in [0.1, 0.15) is 36.5 Å². The third-order valence-corrected chi connectivity index (χ3v) is 6.58. The first kappa shape index (κ1) is 34.4. The number of benzene rings is 2. The van der Waals surface area contributed by atoms with E-state index in [1.165, 1.54) is 7.11 Å². The van der Waals surface area contributed by atoms with Gasteiger partial charge in [-0.25, -0.2) is 0 Å². The van der Waals surface area contributed by atoms with Crippen LogP contribution in [-0.2, 0) is 35.0 Å². The zero-order chi connectivity index (χ0) is 30.6. The second-order valence-electron chi connectivity index (χ2n) is 9.86. The number of carbonyl (C=O) groups is 3. The fraction of sp³-hybridized carbons (Fsp3) is 0.424. The van der Waals surface area contributed by atoms with Gasteiger partial charge in [0.15, 0.2) is 0 Å². The normalized spacial score (nSPS) is 13.7. The number of aliphatic hydroxyl groups is 1. The first-order valence-corrected chi connectivity index (χ1v) is 14.2. The average molecular weight is 581 g/mol. The number of methoxy groups -OCH3 is 1. The highest BCUT2D eigenvalue weighted by Crippen LogP contribution is 2.26. The molecule has 0 aliphatic rings. The molecule has 2 rings (SSSR count). The van der Waals surface area contributed by atoms with E-state index in [9.17, 15) is 14.4 Å². The van der Waals surface area contributed by atoms with Crippen molar-refractivity contribution in [1.82, 2.24) is 10.6 Å². The van der Waals surface area contributed by atoms with Gasteiger partial charge in [-0.15, -0.1) is 13.2 Å². The molecule has 0 bridgehead atoms. The van der Waals surface area contributed by atoms with Gasteiger partial charge in [-0.3, -0.25) is 14.4 Å². The number of aliphatic hydroxyl groups excluding tert-OH is 1. The molecule has 0 aromatic heterocycles. The first-order valence-electron chi connectivity index (χ1n) is 14.2. The Labute approximate surface area is 248 Å². The minimum atomic E-state index is -0.840. The van der Waals surface area contributed by atoms with Crippen LogP contribution in [0.15, 0.2) is 86.0 Å². The van der Waals surface area contributed by atoms with Gasteiger partial charge in [-0.1, -0.05) is 72.8 Å². The van der Waals surface area contributed by atoms with E-state index in [-0.39, 0.29) is 57.6 Å². The highest BCUT2D eigenvalue weighted by molar-refractivity contribution is 5.86. The van der Waals surface area contributed by atoms with Gasteiger partial charge in [-0.05, 0) is 30.4 Å². The topological polar surface area (TPSA) is 123 Å². The third-order valence-electron chi connectivity index (χ3n) is 6.58. The third kappa shape index (κ3) is 12.4. The minimum absolute atomic E-state index is 0.0637. The number of nitrogens with one attached hydrogen (secondary N) is 2. The second-order valence-corrected chi connectivity index (χ2v) is 9.86. The molecule has 0 fully saturated rings. The molecule has 4 atom stereocenters. The first-order chi connectivity index (χ1) is 20.4. The Morgan fingerprint density at radius 2 is 1.57 bits per heavy atom. The molecule has 0 aliphatic heterocycles. The van der Waals surface area contributed by atoms with Crippen LogP contribution in [0.4, 0.5) is 0 Å². The molecular weight excluding hydrogens is 536 g/mol.